The smallest absolute Gasteiger partial charge is 0.129 e. The van der Waals surface area contributed by atoms with Crippen molar-refractivity contribution in [3.63, 3.8) is 0 Å². The predicted molar refractivity (Wildman–Crippen MR) is 99.0 cm³/mol. The van der Waals surface area contributed by atoms with Crippen LogP contribution in [0.25, 0.3) is 11.3 Å². The van der Waals surface area contributed by atoms with Gasteiger partial charge < -0.3 is 5.73 Å². The minimum absolute atomic E-state index is 0.395. The van der Waals surface area contributed by atoms with Crippen molar-refractivity contribution >= 4 is 0 Å². The highest BCUT2D eigenvalue weighted by Gasteiger charge is 2.26. The molecule has 2 heterocycles. The Balaban J connectivity index is 1.57. The van der Waals surface area contributed by atoms with Gasteiger partial charge in [0, 0.05) is 37.0 Å². The number of aryl methyl sites for hydroxylation is 2. The van der Waals surface area contributed by atoms with E-state index in [4.69, 9.17) is 10.7 Å². The molecule has 0 radical (unpaired) electrons. The van der Waals surface area contributed by atoms with Crippen molar-refractivity contribution in [3.8, 4) is 11.3 Å². The summed E-state index contributed by atoms with van der Waals surface area (Å²) >= 11 is 0. The molecule has 0 bridgehead atoms. The second-order valence-electron chi connectivity index (χ2n) is 8.08. The molecular weight excluding hydrogens is 310 g/mol. The molecule has 2 aromatic heterocycles. The van der Waals surface area contributed by atoms with Crippen molar-refractivity contribution < 1.29 is 0 Å². The van der Waals surface area contributed by atoms with Crippen LogP contribution in [0.4, 0.5) is 0 Å². The summed E-state index contributed by atoms with van der Waals surface area (Å²) in [5.41, 5.74) is 10.8. The number of hydrogen-bond acceptors (Lipinski definition) is 4. The molecule has 5 heteroatoms. The number of nitrogens with two attached hydrogens (primary N) is 1. The fourth-order valence-electron chi connectivity index (χ4n) is 4.00. The monoisotopic (exact) mass is 339 g/mol. The van der Waals surface area contributed by atoms with E-state index >= 15 is 0 Å². The van der Waals surface area contributed by atoms with Crippen LogP contribution >= 0.6 is 0 Å². The normalized spacial score (nSPS) is 23.8. The molecule has 25 heavy (non-hydrogen) atoms. The van der Waals surface area contributed by atoms with Crippen molar-refractivity contribution in [1.29, 1.82) is 0 Å². The summed E-state index contributed by atoms with van der Waals surface area (Å²) < 4.78 is 2.03. The maximum Gasteiger partial charge on any atom is 0.129 e. The van der Waals surface area contributed by atoms with Crippen LogP contribution in [-0.2, 0) is 19.9 Å². The van der Waals surface area contributed by atoms with Crippen LogP contribution in [0.15, 0.2) is 12.4 Å². The molecule has 0 aromatic carbocycles. The van der Waals surface area contributed by atoms with Gasteiger partial charge in [-0.25, -0.2) is 9.97 Å². The van der Waals surface area contributed by atoms with Crippen LogP contribution in [0.5, 0.6) is 0 Å². The summed E-state index contributed by atoms with van der Waals surface area (Å²) in [6, 6.07) is 0.395. The topological polar surface area (TPSA) is 69.6 Å². The van der Waals surface area contributed by atoms with Gasteiger partial charge in [0.1, 0.15) is 5.82 Å². The van der Waals surface area contributed by atoms with Gasteiger partial charge >= 0.3 is 0 Å². The second kappa shape index (κ2) is 6.87. The molecule has 0 spiro atoms. The molecule has 2 fully saturated rings. The molecule has 2 aliphatic carbocycles. The highest BCUT2D eigenvalue weighted by molar-refractivity contribution is 5.64. The minimum atomic E-state index is 0.395. The molecular formula is C20H29N5. The fraction of sp³-hybridized carbons (Fsp3) is 0.650. The van der Waals surface area contributed by atoms with E-state index in [1.165, 1.54) is 36.9 Å². The molecule has 0 saturated heterocycles. The zero-order valence-corrected chi connectivity index (χ0v) is 15.4. The van der Waals surface area contributed by atoms with Crippen LogP contribution in [-0.4, -0.2) is 25.8 Å². The molecule has 134 valence electrons. The van der Waals surface area contributed by atoms with Crippen molar-refractivity contribution in [1.82, 2.24) is 19.7 Å². The van der Waals surface area contributed by atoms with Gasteiger partial charge in [0.05, 0.1) is 11.9 Å². The van der Waals surface area contributed by atoms with Crippen LogP contribution < -0.4 is 5.73 Å². The number of hydrogen-bond donors (Lipinski definition) is 1. The maximum atomic E-state index is 6.03. The Morgan fingerprint density at radius 3 is 2.44 bits per heavy atom. The Bertz CT molecular complexity index is 739. The lowest BCUT2D eigenvalue weighted by Crippen LogP contribution is -2.27. The highest BCUT2D eigenvalue weighted by Crippen LogP contribution is 2.36. The molecule has 0 atom stereocenters. The van der Waals surface area contributed by atoms with Gasteiger partial charge in [-0.1, -0.05) is 0 Å². The van der Waals surface area contributed by atoms with E-state index in [9.17, 15) is 0 Å². The first kappa shape index (κ1) is 16.7. The van der Waals surface area contributed by atoms with Gasteiger partial charge in [-0.3, -0.25) is 4.68 Å². The van der Waals surface area contributed by atoms with Gasteiger partial charge in [-0.15, -0.1) is 0 Å². The van der Waals surface area contributed by atoms with E-state index in [1.807, 2.05) is 24.1 Å². The molecule has 0 unspecified atom stereocenters. The first-order valence-electron chi connectivity index (χ1n) is 9.69. The molecule has 0 aliphatic heterocycles. The zero-order valence-electron chi connectivity index (χ0n) is 15.4. The van der Waals surface area contributed by atoms with E-state index in [1.54, 1.807) is 0 Å². The van der Waals surface area contributed by atoms with Crippen molar-refractivity contribution in [2.75, 3.05) is 0 Å². The lowest BCUT2D eigenvalue weighted by Gasteiger charge is -2.25. The average Bonchev–Trinajstić information content (AvgIpc) is 3.35. The van der Waals surface area contributed by atoms with E-state index in [2.05, 4.69) is 17.0 Å². The summed E-state index contributed by atoms with van der Waals surface area (Å²) in [6.07, 6.45) is 13.4. The molecule has 5 nitrogen and oxygen atoms in total. The summed E-state index contributed by atoms with van der Waals surface area (Å²) in [7, 11) is 2.05. The summed E-state index contributed by atoms with van der Waals surface area (Å²) in [6.45, 7) is 2.10. The van der Waals surface area contributed by atoms with Gasteiger partial charge in [0.25, 0.3) is 0 Å². The van der Waals surface area contributed by atoms with Crippen molar-refractivity contribution in [2.24, 2.45) is 24.6 Å². The standard InChI is InChI=1S/C20H29N5/c1-13-11-22-19(10-15-5-7-16(21)8-6-15)24-20(13)17-12-23-25(2)18(17)9-14-3-4-14/h11-12,14-16H,3-10,21H2,1-2H3. The molecule has 2 aromatic rings. The predicted octanol–water partition coefficient (Wildman–Crippen LogP) is 3.20. The van der Waals surface area contributed by atoms with Crippen molar-refractivity contribution in [3.05, 3.63) is 29.5 Å². The van der Waals surface area contributed by atoms with Crippen molar-refractivity contribution in [2.45, 2.75) is 64.3 Å². The number of nitrogens with zero attached hydrogens (tertiary/aromatic N) is 4. The molecule has 2 saturated carbocycles. The number of aromatic nitrogens is 4. The Morgan fingerprint density at radius 1 is 1.04 bits per heavy atom. The van der Waals surface area contributed by atoms with Crippen LogP contribution in [0.1, 0.15) is 55.6 Å². The maximum absolute atomic E-state index is 6.03. The minimum Gasteiger partial charge on any atom is -0.328 e. The molecule has 4 rings (SSSR count). The Kier molecular flexibility index (Phi) is 4.59. The summed E-state index contributed by atoms with van der Waals surface area (Å²) in [5.74, 6) is 2.49. The van der Waals surface area contributed by atoms with E-state index in [0.717, 1.165) is 48.7 Å². The highest BCUT2D eigenvalue weighted by atomic mass is 15.3. The van der Waals surface area contributed by atoms with Crippen LogP contribution in [0, 0.1) is 18.8 Å². The van der Waals surface area contributed by atoms with E-state index in [0.29, 0.717) is 12.0 Å². The molecule has 0 amide bonds. The third-order valence-electron chi connectivity index (χ3n) is 5.88. The second-order valence-corrected chi connectivity index (χ2v) is 8.08. The van der Waals surface area contributed by atoms with Gasteiger partial charge in [-0.2, -0.15) is 5.10 Å². The zero-order chi connectivity index (χ0) is 17.4. The quantitative estimate of drug-likeness (QED) is 0.908. The van der Waals surface area contributed by atoms with Gasteiger partial charge in [0.2, 0.25) is 0 Å². The van der Waals surface area contributed by atoms with Gasteiger partial charge in [-0.05, 0) is 69.3 Å². The Labute approximate surface area is 150 Å². The fourth-order valence-corrected chi connectivity index (χ4v) is 4.00. The Hall–Kier alpha value is -1.75. The lowest BCUT2D eigenvalue weighted by molar-refractivity contribution is 0.321. The lowest BCUT2D eigenvalue weighted by atomic mass is 9.84. The first-order valence-corrected chi connectivity index (χ1v) is 9.69. The summed E-state index contributed by atoms with van der Waals surface area (Å²) in [4.78, 5) is 9.58. The SMILES string of the molecule is Cc1cnc(CC2CCC(N)CC2)nc1-c1cnn(C)c1CC1CC1. The summed E-state index contributed by atoms with van der Waals surface area (Å²) in [5, 5.41) is 4.51. The van der Waals surface area contributed by atoms with Crippen LogP contribution in [0.2, 0.25) is 0 Å². The largest absolute Gasteiger partial charge is 0.328 e. The molecule has 2 N–H and O–H groups in total. The Morgan fingerprint density at radius 2 is 1.72 bits per heavy atom. The molecule has 2 aliphatic rings. The van der Waals surface area contributed by atoms with Gasteiger partial charge in [0.15, 0.2) is 0 Å². The number of rotatable bonds is 5. The van der Waals surface area contributed by atoms with Crippen LogP contribution in [0.3, 0.4) is 0 Å². The average molecular weight is 339 g/mol. The van der Waals surface area contributed by atoms with E-state index in [-0.39, 0.29) is 0 Å². The van der Waals surface area contributed by atoms with E-state index < -0.39 is 0 Å². The third kappa shape index (κ3) is 3.76. The third-order valence-corrected chi connectivity index (χ3v) is 5.88. The first-order chi connectivity index (χ1) is 12.1.